The van der Waals surface area contributed by atoms with E-state index in [0.717, 1.165) is 6.07 Å². The molecule has 4 aromatic heterocycles. The molecular weight excluding hydrogens is 609 g/mol. The molecule has 0 aliphatic carbocycles. The molecule has 0 aliphatic rings. The van der Waals surface area contributed by atoms with Crippen molar-refractivity contribution in [2.75, 3.05) is 0 Å². The van der Waals surface area contributed by atoms with Gasteiger partial charge in [0, 0.05) is 17.1 Å². The van der Waals surface area contributed by atoms with Crippen LogP contribution in [-0.4, -0.2) is 30.8 Å². The van der Waals surface area contributed by atoms with Gasteiger partial charge >= 0.3 is 21.1 Å². The number of hydrogen-bond donors (Lipinski definition) is 0. The summed E-state index contributed by atoms with van der Waals surface area (Å²) in [7, 11) is 0. The average molecular weight is 625 g/mol. The molecule has 4 aromatic rings. The van der Waals surface area contributed by atoms with Gasteiger partial charge in [0.1, 0.15) is 17.6 Å². The Balaban J connectivity index is 0.00000306. The molecule has 1 amide bonds. The van der Waals surface area contributed by atoms with Crippen molar-refractivity contribution >= 4 is 11.9 Å². The Morgan fingerprint density at radius 3 is 2.30 bits per heavy atom. The van der Waals surface area contributed by atoms with Gasteiger partial charge < -0.3 is 20.3 Å². The molecule has 0 unspecified atom stereocenters. The molecule has 0 saturated carbocycles. The number of carbonyl (C=O) groups is 1. The first-order valence-electron chi connectivity index (χ1n) is 9.57. The average Bonchev–Trinajstić information content (AvgIpc) is 2.80. The van der Waals surface area contributed by atoms with E-state index >= 15 is 0 Å². The summed E-state index contributed by atoms with van der Waals surface area (Å²) in [5.74, 6) is -2.49. The molecule has 0 atom stereocenters. The second-order valence-corrected chi connectivity index (χ2v) is 7.30. The van der Waals surface area contributed by atoms with Crippen molar-refractivity contribution in [1.82, 2.24) is 24.9 Å². The summed E-state index contributed by atoms with van der Waals surface area (Å²) in [6, 6.07) is 15.2. The molecule has 0 aliphatic heterocycles. The molecule has 0 saturated heterocycles. The predicted octanol–water partition coefficient (Wildman–Crippen LogP) is 4.58. The van der Waals surface area contributed by atoms with E-state index in [1.165, 1.54) is 12.4 Å². The summed E-state index contributed by atoms with van der Waals surface area (Å²) in [4.78, 5) is 32.5. The number of rotatable bonds is 5. The Hall–Kier alpha value is -3.45. The van der Waals surface area contributed by atoms with Gasteiger partial charge in [-0.05, 0) is 50.1 Å². The van der Waals surface area contributed by atoms with Gasteiger partial charge in [0.15, 0.2) is 0 Å². The zero-order valence-electron chi connectivity index (χ0n) is 17.4. The van der Waals surface area contributed by atoms with E-state index < -0.39 is 23.2 Å². The maximum absolute atomic E-state index is 14.1. The van der Waals surface area contributed by atoms with Crippen LogP contribution < -0.4 is 0 Å². The Kier molecular flexibility index (Phi) is 7.33. The predicted molar refractivity (Wildman–Crippen MR) is 112 cm³/mol. The molecule has 7 nitrogen and oxygen atoms in total. The van der Waals surface area contributed by atoms with Gasteiger partial charge in [-0.3, -0.25) is 9.78 Å². The van der Waals surface area contributed by atoms with Crippen LogP contribution in [0.15, 0.2) is 60.9 Å². The molecule has 0 bridgehead atoms. The Morgan fingerprint density at radius 2 is 1.61 bits per heavy atom. The molecule has 33 heavy (non-hydrogen) atoms. The minimum absolute atomic E-state index is 0. The van der Waals surface area contributed by atoms with E-state index in [1.807, 2.05) is 13.8 Å². The molecule has 4 heterocycles. The van der Waals surface area contributed by atoms with Crippen molar-refractivity contribution in [3.63, 3.8) is 0 Å². The van der Waals surface area contributed by atoms with E-state index in [4.69, 9.17) is 0 Å². The van der Waals surface area contributed by atoms with Gasteiger partial charge in [0.05, 0.1) is 5.69 Å². The Labute approximate surface area is 203 Å². The number of nitrogens with zero attached hydrogens (tertiary/aromatic N) is 6. The summed E-state index contributed by atoms with van der Waals surface area (Å²) < 4.78 is 27.3. The van der Waals surface area contributed by atoms with Gasteiger partial charge in [0.2, 0.25) is 5.91 Å². The quantitative estimate of drug-likeness (QED) is 0.238. The van der Waals surface area contributed by atoms with Crippen molar-refractivity contribution in [3.8, 4) is 11.3 Å². The van der Waals surface area contributed by atoms with Gasteiger partial charge in [-0.1, -0.05) is 35.9 Å². The van der Waals surface area contributed by atoms with Gasteiger partial charge in [-0.25, -0.2) is 13.8 Å². The second kappa shape index (κ2) is 10.00. The van der Waals surface area contributed by atoms with Crippen LogP contribution in [-0.2, 0) is 26.5 Å². The number of halogens is 2. The van der Waals surface area contributed by atoms with E-state index in [2.05, 4.69) is 36.3 Å². The van der Waals surface area contributed by atoms with Crippen LogP contribution in [0.5, 0.6) is 0 Å². The maximum Gasteiger partial charge on any atom is 2.00 e. The summed E-state index contributed by atoms with van der Waals surface area (Å²) >= 11 is 0. The van der Waals surface area contributed by atoms with Crippen LogP contribution in [0.2, 0.25) is 0 Å². The van der Waals surface area contributed by atoms with Gasteiger partial charge in [-0.15, -0.1) is 6.07 Å². The number of hydrogen-bond acceptors (Lipinski definition) is 6. The standard InChI is InChI=1S/C23H17F2N6O.Pt/c1-23(2,17-8-3-6-15(28-17)14-10-11-19(24)30-20(14)25)18-9-4-7-16(29-18)21(32)31-22-26-12-5-13-27-22;/h3-9,11-13H,1-2H3,(H,26,27,31,32);/q-1;+2/p-1. The third kappa shape index (κ3) is 5.31. The normalized spacial score (nSPS) is 10.9. The SMILES string of the molecule is CC(C)(c1cccc(C(=O)[N-]c2ncccn2)n1)c1cccc(-c2[c-]cc(F)nc2F)n1.[Pt+2]. The zero-order valence-corrected chi connectivity index (χ0v) is 19.7. The second-order valence-electron chi connectivity index (χ2n) is 7.30. The minimum atomic E-state index is -0.997. The van der Waals surface area contributed by atoms with Crippen molar-refractivity contribution < 1.29 is 34.6 Å². The molecule has 0 aromatic carbocycles. The molecule has 4 rings (SSSR count). The molecule has 168 valence electrons. The van der Waals surface area contributed by atoms with E-state index in [9.17, 15) is 13.6 Å². The number of aromatic nitrogens is 5. The van der Waals surface area contributed by atoms with Crippen LogP contribution in [0.4, 0.5) is 14.7 Å². The summed E-state index contributed by atoms with van der Waals surface area (Å²) in [6.45, 7) is 3.74. The maximum atomic E-state index is 14.1. The minimum Gasteiger partial charge on any atom is -0.367 e. The fourth-order valence-electron chi connectivity index (χ4n) is 3.01. The third-order valence-corrected chi connectivity index (χ3v) is 4.75. The van der Waals surface area contributed by atoms with Crippen molar-refractivity contribution in [3.05, 3.63) is 101 Å². The van der Waals surface area contributed by atoms with Crippen LogP contribution >= 0.6 is 0 Å². The van der Waals surface area contributed by atoms with E-state index in [0.29, 0.717) is 11.4 Å². The summed E-state index contributed by atoms with van der Waals surface area (Å²) in [5, 5.41) is 3.87. The number of amides is 1. The van der Waals surface area contributed by atoms with Crippen LogP contribution in [0.25, 0.3) is 16.6 Å². The first kappa shape index (κ1) is 24.2. The smallest absolute Gasteiger partial charge is 0.367 e. The molecule has 10 heteroatoms. The van der Waals surface area contributed by atoms with Gasteiger partial charge in [-0.2, -0.15) is 0 Å². The fourth-order valence-corrected chi connectivity index (χ4v) is 3.01. The largest absolute Gasteiger partial charge is 2.00 e. The van der Waals surface area contributed by atoms with Crippen LogP contribution in [0.3, 0.4) is 0 Å². The molecule has 0 radical (unpaired) electrons. The zero-order chi connectivity index (χ0) is 22.7. The van der Waals surface area contributed by atoms with E-state index in [1.54, 1.807) is 42.5 Å². The Bertz CT molecular complexity index is 1290. The molecular formula is C23H16F2N6OPt. The molecule has 0 N–H and O–H groups in total. The van der Waals surface area contributed by atoms with Crippen molar-refractivity contribution in [2.24, 2.45) is 0 Å². The van der Waals surface area contributed by atoms with Crippen LogP contribution in [0.1, 0.15) is 35.7 Å². The molecule has 0 spiro atoms. The topological polar surface area (TPSA) is 95.6 Å². The monoisotopic (exact) mass is 625 g/mol. The third-order valence-electron chi connectivity index (χ3n) is 4.75. The van der Waals surface area contributed by atoms with Crippen molar-refractivity contribution in [2.45, 2.75) is 19.3 Å². The summed E-state index contributed by atoms with van der Waals surface area (Å²) in [6.07, 6.45) is 2.98. The van der Waals surface area contributed by atoms with Crippen molar-refractivity contribution in [1.29, 1.82) is 0 Å². The number of pyridine rings is 3. The Morgan fingerprint density at radius 1 is 0.939 bits per heavy atom. The number of carbonyl (C=O) groups excluding carboxylic acids is 1. The first-order chi connectivity index (χ1) is 15.3. The summed E-state index contributed by atoms with van der Waals surface area (Å²) in [5.41, 5.74) is 0.707. The fraction of sp³-hybridized carbons (Fsp3) is 0.130. The molecule has 0 fully saturated rings. The van der Waals surface area contributed by atoms with E-state index in [-0.39, 0.29) is 44.0 Å². The van der Waals surface area contributed by atoms with Gasteiger partial charge in [0.25, 0.3) is 0 Å². The first-order valence-corrected chi connectivity index (χ1v) is 9.57. The van der Waals surface area contributed by atoms with Crippen LogP contribution in [0, 0.1) is 18.0 Å².